The molecule has 0 saturated heterocycles. The predicted molar refractivity (Wildman–Crippen MR) is 128 cm³/mol. The zero-order valence-corrected chi connectivity index (χ0v) is 19.1. The fourth-order valence-corrected chi connectivity index (χ4v) is 3.66. The summed E-state index contributed by atoms with van der Waals surface area (Å²) in [5.74, 6) is 0.551. The molecule has 1 atom stereocenters. The minimum absolute atomic E-state index is 0.303. The quantitative estimate of drug-likeness (QED) is 0.317. The number of carbonyl (C=O) groups excluding carboxylic acids is 1. The minimum atomic E-state index is -0.353. The van der Waals surface area contributed by atoms with Gasteiger partial charge < -0.3 is 9.73 Å². The lowest BCUT2D eigenvalue weighted by Gasteiger charge is -2.09. The van der Waals surface area contributed by atoms with Gasteiger partial charge in [0, 0.05) is 11.1 Å². The van der Waals surface area contributed by atoms with Crippen molar-refractivity contribution >= 4 is 57.5 Å². The molecule has 3 aromatic carbocycles. The maximum atomic E-state index is 12.6. The van der Waals surface area contributed by atoms with Gasteiger partial charge in [0.2, 0.25) is 5.89 Å². The molecule has 7 heteroatoms. The Morgan fingerprint density at radius 2 is 1.77 bits per heavy atom. The van der Waals surface area contributed by atoms with E-state index in [0.717, 1.165) is 11.9 Å². The van der Waals surface area contributed by atoms with Gasteiger partial charge in [0.1, 0.15) is 5.52 Å². The molecule has 4 nitrogen and oxygen atoms in total. The predicted octanol–water partition coefficient (Wildman–Crippen LogP) is 8.22. The lowest BCUT2D eigenvalue weighted by atomic mass is 9.98. The van der Waals surface area contributed by atoms with E-state index in [1.165, 1.54) is 11.6 Å². The van der Waals surface area contributed by atoms with E-state index in [0.29, 0.717) is 49.3 Å². The molecular weight excluding hydrogens is 455 g/mol. The molecular formula is C24H19Cl3N2O2. The van der Waals surface area contributed by atoms with E-state index in [-0.39, 0.29) is 5.91 Å². The molecule has 31 heavy (non-hydrogen) atoms. The summed E-state index contributed by atoms with van der Waals surface area (Å²) in [6.07, 6.45) is 1.05. The topological polar surface area (TPSA) is 55.1 Å². The summed E-state index contributed by atoms with van der Waals surface area (Å²) in [4.78, 5) is 17.3. The number of aromatic nitrogens is 1. The number of halogens is 3. The van der Waals surface area contributed by atoms with E-state index in [1.807, 2.05) is 6.07 Å². The van der Waals surface area contributed by atoms with Gasteiger partial charge in [0.15, 0.2) is 5.58 Å². The number of nitrogens with one attached hydrogen (secondary N) is 1. The van der Waals surface area contributed by atoms with Crippen molar-refractivity contribution in [1.29, 1.82) is 0 Å². The van der Waals surface area contributed by atoms with Crippen molar-refractivity contribution in [1.82, 2.24) is 4.98 Å². The Morgan fingerprint density at radius 1 is 1.00 bits per heavy atom. The molecule has 0 bridgehead atoms. The summed E-state index contributed by atoms with van der Waals surface area (Å²) in [5, 5.41) is 3.89. The van der Waals surface area contributed by atoms with Crippen molar-refractivity contribution in [3.8, 4) is 11.5 Å². The van der Waals surface area contributed by atoms with Gasteiger partial charge in [0.05, 0.1) is 20.8 Å². The summed E-state index contributed by atoms with van der Waals surface area (Å²) in [7, 11) is 0. The van der Waals surface area contributed by atoms with Crippen LogP contribution in [0.2, 0.25) is 15.1 Å². The summed E-state index contributed by atoms with van der Waals surface area (Å²) in [5.41, 5.74) is 4.24. The standard InChI is InChI=1S/C24H19Cl3N2O2/c1-3-13(2)14-6-9-22-21(11-14)29-24(31-22)16-5-8-18(26)20(12-16)28-23(30)15-4-7-17(25)19(27)10-15/h4-13H,3H2,1-2H3,(H,28,30)/t13-/m0/s1. The molecule has 0 spiro atoms. The fraction of sp³-hybridized carbons (Fsp3) is 0.167. The molecule has 1 amide bonds. The number of hydrogen-bond donors (Lipinski definition) is 1. The molecule has 1 aromatic heterocycles. The first-order valence-electron chi connectivity index (χ1n) is 9.82. The number of oxazole rings is 1. The van der Waals surface area contributed by atoms with Crippen LogP contribution in [0.3, 0.4) is 0 Å². The molecule has 0 unspecified atom stereocenters. The number of rotatable bonds is 5. The number of anilines is 1. The van der Waals surface area contributed by atoms with E-state index in [4.69, 9.17) is 39.2 Å². The smallest absolute Gasteiger partial charge is 0.255 e. The number of hydrogen-bond acceptors (Lipinski definition) is 3. The molecule has 158 valence electrons. The zero-order chi connectivity index (χ0) is 22.1. The molecule has 0 radical (unpaired) electrons. The van der Waals surface area contributed by atoms with Crippen molar-refractivity contribution in [3.05, 3.63) is 80.8 Å². The van der Waals surface area contributed by atoms with Gasteiger partial charge >= 0.3 is 0 Å². The van der Waals surface area contributed by atoms with Crippen LogP contribution in [0, 0.1) is 0 Å². The summed E-state index contributed by atoms with van der Waals surface area (Å²) >= 11 is 18.3. The number of fused-ring (bicyclic) bond motifs is 1. The zero-order valence-electron chi connectivity index (χ0n) is 16.9. The Morgan fingerprint density at radius 3 is 2.52 bits per heavy atom. The third-order valence-corrected chi connectivity index (χ3v) is 6.30. The molecule has 0 aliphatic rings. The lowest BCUT2D eigenvalue weighted by molar-refractivity contribution is 0.102. The maximum Gasteiger partial charge on any atom is 0.255 e. The second-order valence-electron chi connectivity index (χ2n) is 7.33. The highest BCUT2D eigenvalue weighted by Gasteiger charge is 2.15. The van der Waals surface area contributed by atoms with Crippen molar-refractivity contribution < 1.29 is 9.21 Å². The van der Waals surface area contributed by atoms with Crippen molar-refractivity contribution in [2.75, 3.05) is 5.32 Å². The summed E-state index contributed by atoms with van der Waals surface area (Å²) in [6, 6.07) is 16.0. The van der Waals surface area contributed by atoms with Gasteiger partial charge in [-0.3, -0.25) is 4.79 Å². The monoisotopic (exact) mass is 472 g/mol. The molecule has 4 rings (SSSR count). The van der Waals surface area contributed by atoms with Crippen LogP contribution in [-0.2, 0) is 0 Å². The summed E-state index contributed by atoms with van der Waals surface area (Å²) < 4.78 is 5.94. The van der Waals surface area contributed by atoms with Gasteiger partial charge in [-0.15, -0.1) is 0 Å². The van der Waals surface area contributed by atoms with Crippen molar-refractivity contribution in [2.45, 2.75) is 26.2 Å². The molecule has 0 saturated carbocycles. The Hall–Kier alpha value is -2.53. The average Bonchev–Trinajstić information content (AvgIpc) is 3.19. The van der Waals surface area contributed by atoms with Crippen LogP contribution in [0.4, 0.5) is 5.69 Å². The molecule has 4 aromatic rings. The Balaban J connectivity index is 1.64. The fourth-order valence-electron chi connectivity index (χ4n) is 3.20. The van der Waals surface area contributed by atoms with Gasteiger partial charge in [0.25, 0.3) is 5.91 Å². The van der Waals surface area contributed by atoms with E-state index in [2.05, 4.69) is 36.3 Å². The van der Waals surface area contributed by atoms with Gasteiger partial charge in [-0.1, -0.05) is 54.7 Å². The lowest BCUT2D eigenvalue weighted by Crippen LogP contribution is -2.12. The van der Waals surface area contributed by atoms with Gasteiger partial charge in [-0.25, -0.2) is 4.98 Å². The van der Waals surface area contributed by atoms with Crippen molar-refractivity contribution in [2.24, 2.45) is 0 Å². The van der Waals surface area contributed by atoms with E-state index in [9.17, 15) is 4.79 Å². The van der Waals surface area contributed by atoms with Crippen LogP contribution in [0.15, 0.2) is 59.0 Å². The number of nitrogens with zero attached hydrogens (tertiary/aromatic N) is 1. The normalized spacial score (nSPS) is 12.2. The second kappa shape index (κ2) is 8.91. The van der Waals surface area contributed by atoms with Crippen LogP contribution in [0.5, 0.6) is 0 Å². The molecule has 0 aliphatic carbocycles. The van der Waals surface area contributed by atoms with Crippen LogP contribution in [0.25, 0.3) is 22.6 Å². The maximum absolute atomic E-state index is 12.6. The van der Waals surface area contributed by atoms with Crippen LogP contribution < -0.4 is 5.32 Å². The third kappa shape index (κ3) is 4.57. The van der Waals surface area contributed by atoms with Gasteiger partial charge in [-0.2, -0.15) is 0 Å². The van der Waals surface area contributed by atoms with E-state index < -0.39 is 0 Å². The Kier molecular flexibility index (Phi) is 6.24. The Bertz CT molecular complexity index is 1280. The van der Waals surface area contributed by atoms with Crippen LogP contribution >= 0.6 is 34.8 Å². The SMILES string of the molecule is CC[C@H](C)c1ccc2oc(-c3ccc(Cl)c(NC(=O)c4ccc(Cl)c(Cl)c4)c3)nc2c1. The first kappa shape index (κ1) is 21.7. The largest absolute Gasteiger partial charge is 0.436 e. The van der Waals surface area contributed by atoms with E-state index in [1.54, 1.807) is 30.3 Å². The highest BCUT2D eigenvalue weighted by atomic mass is 35.5. The van der Waals surface area contributed by atoms with Crippen molar-refractivity contribution in [3.63, 3.8) is 0 Å². The first-order chi connectivity index (χ1) is 14.9. The molecule has 1 heterocycles. The highest BCUT2D eigenvalue weighted by molar-refractivity contribution is 6.42. The second-order valence-corrected chi connectivity index (χ2v) is 8.55. The van der Waals surface area contributed by atoms with Crippen LogP contribution in [0.1, 0.15) is 42.1 Å². The van der Waals surface area contributed by atoms with E-state index >= 15 is 0 Å². The number of carbonyl (C=O) groups is 1. The highest BCUT2D eigenvalue weighted by Crippen LogP contribution is 2.32. The average molecular weight is 474 g/mol. The number of benzene rings is 3. The minimum Gasteiger partial charge on any atom is -0.436 e. The molecule has 0 fully saturated rings. The molecule has 1 N–H and O–H groups in total. The van der Waals surface area contributed by atoms with Gasteiger partial charge in [-0.05, 0) is 66.4 Å². The van der Waals surface area contributed by atoms with Crippen LogP contribution in [-0.4, -0.2) is 10.9 Å². The first-order valence-corrected chi connectivity index (χ1v) is 11.0. The summed E-state index contributed by atoms with van der Waals surface area (Å²) in [6.45, 7) is 4.34. The third-order valence-electron chi connectivity index (χ3n) is 5.24. The molecule has 0 aliphatic heterocycles. The Labute approximate surface area is 195 Å². The number of amides is 1.